The molecule has 0 bridgehead atoms. The SMILES string of the molecule is CCCCCCCCCCCCCCCCOc1ccc(-c2ccc(OC(=O)C(Cl)CC(C)C)cc2)cc1. The van der Waals surface area contributed by atoms with Crippen LogP contribution in [0, 0.1) is 5.92 Å². The summed E-state index contributed by atoms with van der Waals surface area (Å²) in [6, 6.07) is 15.7. The Bertz CT molecular complexity index is 860. The van der Waals surface area contributed by atoms with Crippen molar-refractivity contribution in [3.63, 3.8) is 0 Å². The molecule has 1 atom stereocenters. The topological polar surface area (TPSA) is 35.5 Å². The van der Waals surface area contributed by atoms with Gasteiger partial charge in [0.05, 0.1) is 6.61 Å². The van der Waals surface area contributed by atoms with Crippen LogP contribution in [0.2, 0.25) is 0 Å². The molecule has 2 aromatic carbocycles. The van der Waals surface area contributed by atoms with Crippen molar-refractivity contribution in [2.75, 3.05) is 6.61 Å². The second-order valence-electron chi connectivity index (χ2n) is 11.0. The molecule has 2 aromatic rings. The van der Waals surface area contributed by atoms with Crippen molar-refractivity contribution in [3.8, 4) is 22.6 Å². The molecule has 38 heavy (non-hydrogen) atoms. The van der Waals surface area contributed by atoms with E-state index in [-0.39, 0.29) is 0 Å². The zero-order valence-corrected chi connectivity index (χ0v) is 24.9. The van der Waals surface area contributed by atoms with Crippen LogP contribution < -0.4 is 9.47 Å². The molecular weight excluding hydrogens is 492 g/mol. The number of ether oxygens (including phenoxy) is 2. The molecule has 0 spiro atoms. The fraction of sp³-hybridized carbons (Fsp3) is 0.618. The molecule has 1 unspecified atom stereocenters. The number of unbranched alkanes of at least 4 members (excludes halogenated alkanes) is 13. The van der Waals surface area contributed by atoms with Crippen molar-refractivity contribution in [2.24, 2.45) is 5.92 Å². The minimum atomic E-state index is -0.619. The van der Waals surface area contributed by atoms with Crippen LogP contribution in [-0.2, 0) is 4.79 Å². The zero-order valence-electron chi connectivity index (χ0n) is 24.2. The molecule has 0 radical (unpaired) electrons. The number of halogens is 1. The van der Waals surface area contributed by atoms with Crippen LogP contribution in [-0.4, -0.2) is 18.0 Å². The Labute approximate surface area is 237 Å². The molecular formula is C34H51ClO3. The number of benzene rings is 2. The third-order valence-corrected chi connectivity index (χ3v) is 7.32. The molecule has 0 saturated heterocycles. The van der Waals surface area contributed by atoms with Crippen molar-refractivity contribution in [3.05, 3.63) is 48.5 Å². The lowest BCUT2D eigenvalue weighted by molar-refractivity contribution is -0.134. The van der Waals surface area contributed by atoms with Crippen molar-refractivity contribution in [1.29, 1.82) is 0 Å². The van der Waals surface area contributed by atoms with E-state index in [1.54, 1.807) is 0 Å². The van der Waals surface area contributed by atoms with Gasteiger partial charge < -0.3 is 9.47 Å². The summed E-state index contributed by atoms with van der Waals surface area (Å²) in [6.07, 6.45) is 19.7. The molecule has 0 aliphatic rings. The standard InChI is InChI=1S/C34H51ClO3/c1-4-5-6-7-8-9-10-11-12-13-14-15-16-17-26-37-31-22-18-29(19-23-31)30-20-24-32(25-21-30)38-34(36)33(35)27-28(2)3/h18-25,28,33H,4-17,26-27H2,1-3H3. The van der Waals surface area contributed by atoms with E-state index in [2.05, 4.69) is 19.1 Å². The first-order valence-electron chi connectivity index (χ1n) is 15.2. The number of carbonyl (C=O) groups is 1. The summed E-state index contributed by atoms with van der Waals surface area (Å²) >= 11 is 6.14. The number of hydrogen-bond donors (Lipinski definition) is 0. The molecule has 2 rings (SSSR count). The molecule has 0 aliphatic heterocycles. The minimum absolute atomic E-state index is 0.346. The Hall–Kier alpha value is -2.00. The third kappa shape index (κ3) is 14.2. The van der Waals surface area contributed by atoms with E-state index in [0.29, 0.717) is 18.1 Å². The Morgan fingerprint density at radius 1 is 0.658 bits per heavy atom. The van der Waals surface area contributed by atoms with Gasteiger partial charge in [-0.3, -0.25) is 4.79 Å². The summed E-state index contributed by atoms with van der Waals surface area (Å²) < 4.78 is 11.4. The van der Waals surface area contributed by atoms with Crippen molar-refractivity contribution < 1.29 is 14.3 Å². The van der Waals surface area contributed by atoms with Gasteiger partial charge in [0.15, 0.2) is 0 Å². The molecule has 212 valence electrons. The smallest absolute Gasteiger partial charge is 0.329 e. The van der Waals surface area contributed by atoms with Crippen LogP contribution in [0.5, 0.6) is 11.5 Å². The molecule has 4 heteroatoms. The number of alkyl halides is 1. The van der Waals surface area contributed by atoms with Gasteiger partial charge in [-0.15, -0.1) is 11.6 Å². The summed E-state index contributed by atoms with van der Waals surface area (Å²) in [5.41, 5.74) is 2.16. The number of rotatable bonds is 21. The van der Waals surface area contributed by atoms with E-state index in [9.17, 15) is 4.79 Å². The number of esters is 1. The maximum Gasteiger partial charge on any atom is 0.329 e. The van der Waals surface area contributed by atoms with E-state index < -0.39 is 11.3 Å². The lowest BCUT2D eigenvalue weighted by Gasteiger charge is -2.12. The molecule has 0 fully saturated rings. The fourth-order valence-electron chi connectivity index (χ4n) is 4.64. The van der Waals surface area contributed by atoms with Crippen molar-refractivity contribution in [2.45, 2.75) is 122 Å². The Kier molecular flexibility index (Phi) is 16.9. The maximum absolute atomic E-state index is 12.1. The van der Waals surface area contributed by atoms with Crippen LogP contribution in [0.25, 0.3) is 11.1 Å². The molecule has 0 saturated carbocycles. The first kappa shape index (κ1) is 32.2. The van der Waals surface area contributed by atoms with Gasteiger partial charge >= 0.3 is 5.97 Å². The number of hydrogen-bond acceptors (Lipinski definition) is 3. The molecule has 0 aromatic heterocycles. The van der Waals surface area contributed by atoms with Crippen molar-refractivity contribution in [1.82, 2.24) is 0 Å². The summed E-state index contributed by atoms with van der Waals surface area (Å²) in [5, 5.41) is -0.619. The first-order valence-corrected chi connectivity index (χ1v) is 15.6. The predicted molar refractivity (Wildman–Crippen MR) is 162 cm³/mol. The Morgan fingerprint density at radius 3 is 1.53 bits per heavy atom. The average Bonchev–Trinajstić information content (AvgIpc) is 2.91. The second kappa shape index (κ2) is 20.0. The maximum atomic E-state index is 12.1. The Balaban J connectivity index is 1.54. The van der Waals surface area contributed by atoms with Gasteiger partial charge in [0.1, 0.15) is 16.9 Å². The summed E-state index contributed by atoms with van der Waals surface area (Å²) in [6.45, 7) is 7.13. The van der Waals surface area contributed by atoms with Crippen LogP contribution in [0.3, 0.4) is 0 Å². The van der Waals surface area contributed by atoms with Gasteiger partial charge in [-0.2, -0.15) is 0 Å². The van der Waals surface area contributed by atoms with E-state index >= 15 is 0 Å². The lowest BCUT2D eigenvalue weighted by Crippen LogP contribution is -2.22. The zero-order chi connectivity index (χ0) is 27.4. The third-order valence-electron chi connectivity index (χ3n) is 6.96. The highest BCUT2D eigenvalue weighted by Crippen LogP contribution is 2.25. The van der Waals surface area contributed by atoms with Crippen molar-refractivity contribution >= 4 is 17.6 Å². The molecule has 0 amide bonds. The van der Waals surface area contributed by atoms with Gasteiger partial charge in [-0.05, 0) is 54.2 Å². The van der Waals surface area contributed by atoms with Crippen LogP contribution in [0.15, 0.2) is 48.5 Å². The highest BCUT2D eigenvalue weighted by atomic mass is 35.5. The van der Waals surface area contributed by atoms with Gasteiger partial charge in [-0.1, -0.05) is 129 Å². The van der Waals surface area contributed by atoms with E-state index in [0.717, 1.165) is 29.9 Å². The minimum Gasteiger partial charge on any atom is -0.494 e. The van der Waals surface area contributed by atoms with Gasteiger partial charge in [0, 0.05) is 0 Å². The average molecular weight is 543 g/mol. The lowest BCUT2D eigenvalue weighted by atomic mass is 10.0. The van der Waals surface area contributed by atoms with Gasteiger partial charge in [0.2, 0.25) is 0 Å². The quantitative estimate of drug-likeness (QED) is 0.0680. The largest absolute Gasteiger partial charge is 0.494 e. The van der Waals surface area contributed by atoms with E-state index in [1.165, 1.54) is 83.5 Å². The van der Waals surface area contributed by atoms with Crippen LogP contribution in [0.4, 0.5) is 0 Å². The van der Waals surface area contributed by atoms with E-state index in [1.807, 2.05) is 50.2 Å². The Morgan fingerprint density at radius 2 is 1.08 bits per heavy atom. The molecule has 3 nitrogen and oxygen atoms in total. The normalized spacial score (nSPS) is 12.0. The molecule has 0 heterocycles. The van der Waals surface area contributed by atoms with Gasteiger partial charge in [-0.25, -0.2) is 0 Å². The summed E-state index contributed by atoms with van der Waals surface area (Å²) in [4.78, 5) is 12.1. The van der Waals surface area contributed by atoms with Crippen LogP contribution in [0.1, 0.15) is 117 Å². The van der Waals surface area contributed by atoms with Crippen LogP contribution >= 0.6 is 11.6 Å². The number of carbonyl (C=O) groups excluding carboxylic acids is 1. The van der Waals surface area contributed by atoms with Gasteiger partial charge in [0.25, 0.3) is 0 Å². The highest BCUT2D eigenvalue weighted by Gasteiger charge is 2.19. The molecule has 0 aliphatic carbocycles. The molecule has 0 N–H and O–H groups in total. The monoisotopic (exact) mass is 542 g/mol. The second-order valence-corrected chi connectivity index (χ2v) is 11.5. The first-order chi connectivity index (χ1) is 18.5. The summed E-state index contributed by atoms with van der Waals surface area (Å²) in [5.74, 6) is 1.38. The fourth-order valence-corrected chi connectivity index (χ4v) is 5.04. The van der Waals surface area contributed by atoms with E-state index in [4.69, 9.17) is 21.1 Å². The predicted octanol–water partition coefficient (Wildman–Crippen LogP) is 10.8. The highest BCUT2D eigenvalue weighted by molar-refractivity contribution is 6.30. The summed E-state index contributed by atoms with van der Waals surface area (Å²) in [7, 11) is 0.